The van der Waals surface area contributed by atoms with Gasteiger partial charge in [-0.25, -0.2) is 4.79 Å². The first-order valence-electron chi connectivity index (χ1n) is 9.27. The summed E-state index contributed by atoms with van der Waals surface area (Å²) in [6.45, 7) is 2.23. The molecule has 0 aliphatic heterocycles. The lowest BCUT2D eigenvalue weighted by molar-refractivity contribution is 0.0697. The number of aromatic carboxylic acids is 1. The lowest BCUT2D eigenvalue weighted by Gasteiger charge is -2.10. The molecular formula is C22H28O3. The Morgan fingerprint density at radius 1 is 0.880 bits per heavy atom. The highest BCUT2D eigenvalue weighted by molar-refractivity contribution is 5.96. The maximum atomic E-state index is 11.5. The quantitative estimate of drug-likeness (QED) is 0.518. The number of carbonyl (C=O) groups is 1. The molecule has 2 N–H and O–H groups in total. The van der Waals surface area contributed by atoms with Gasteiger partial charge in [-0.05, 0) is 47.7 Å². The van der Waals surface area contributed by atoms with E-state index in [9.17, 15) is 15.0 Å². The first kappa shape index (κ1) is 19.0. The van der Waals surface area contributed by atoms with Crippen LogP contribution in [-0.2, 0) is 6.42 Å². The number of aryl methyl sites for hydroxylation is 1. The summed E-state index contributed by atoms with van der Waals surface area (Å²) >= 11 is 0. The van der Waals surface area contributed by atoms with Gasteiger partial charge in [0.2, 0.25) is 0 Å². The molecule has 0 saturated carbocycles. The van der Waals surface area contributed by atoms with Crippen molar-refractivity contribution in [2.75, 3.05) is 0 Å². The summed E-state index contributed by atoms with van der Waals surface area (Å²) in [5.74, 6) is -0.745. The zero-order chi connectivity index (χ0) is 18.1. The average molecular weight is 340 g/mol. The fourth-order valence-corrected chi connectivity index (χ4v) is 3.10. The zero-order valence-electron chi connectivity index (χ0n) is 15.0. The number of hydrogen-bond acceptors (Lipinski definition) is 2. The van der Waals surface area contributed by atoms with Crippen molar-refractivity contribution in [1.29, 1.82) is 0 Å². The third-order valence-corrected chi connectivity index (χ3v) is 4.56. The lowest BCUT2D eigenvalue weighted by atomic mass is 9.95. The molecule has 2 aromatic rings. The summed E-state index contributed by atoms with van der Waals surface area (Å²) in [5.41, 5.74) is 3.00. The van der Waals surface area contributed by atoms with E-state index in [1.807, 2.05) is 12.1 Å². The van der Waals surface area contributed by atoms with E-state index in [2.05, 4.69) is 6.92 Å². The van der Waals surface area contributed by atoms with E-state index in [0.29, 0.717) is 11.1 Å². The van der Waals surface area contributed by atoms with E-state index >= 15 is 0 Å². The second-order valence-electron chi connectivity index (χ2n) is 6.60. The number of carboxylic acid groups (broad SMARTS) is 1. The van der Waals surface area contributed by atoms with Crippen LogP contribution >= 0.6 is 0 Å². The number of phenolic OH excluding ortho intramolecular Hbond substituents is 1. The van der Waals surface area contributed by atoms with Gasteiger partial charge in [0, 0.05) is 0 Å². The molecule has 0 radical (unpaired) electrons. The molecule has 0 atom stereocenters. The van der Waals surface area contributed by atoms with E-state index in [-0.39, 0.29) is 5.75 Å². The molecule has 25 heavy (non-hydrogen) atoms. The van der Waals surface area contributed by atoms with Gasteiger partial charge < -0.3 is 10.2 Å². The molecular weight excluding hydrogens is 312 g/mol. The van der Waals surface area contributed by atoms with E-state index in [1.165, 1.54) is 44.1 Å². The monoisotopic (exact) mass is 340 g/mol. The van der Waals surface area contributed by atoms with Crippen LogP contribution in [0.15, 0.2) is 42.5 Å². The Balaban J connectivity index is 2.02. The fourth-order valence-electron chi connectivity index (χ4n) is 3.10. The molecule has 2 rings (SSSR count). The fraction of sp³-hybridized carbons (Fsp3) is 0.409. The van der Waals surface area contributed by atoms with Gasteiger partial charge in [-0.1, -0.05) is 69.7 Å². The molecule has 0 heterocycles. The summed E-state index contributed by atoms with van der Waals surface area (Å²) in [5, 5.41) is 18.9. The normalized spacial score (nSPS) is 10.8. The van der Waals surface area contributed by atoms with Gasteiger partial charge >= 0.3 is 5.97 Å². The maximum Gasteiger partial charge on any atom is 0.336 e. The zero-order valence-corrected chi connectivity index (χ0v) is 15.0. The topological polar surface area (TPSA) is 57.5 Å². The van der Waals surface area contributed by atoms with Gasteiger partial charge in [0.05, 0.1) is 5.56 Å². The molecule has 0 aliphatic rings. The van der Waals surface area contributed by atoms with Gasteiger partial charge in [0.15, 0.2) is 0 Å². The number of carboxylic acids is 1. The average Bonchev–Trinajstić information content (AvgIpc) is 2.61. The summed E-state index contributed by atoms with van der Waals surface area (Å²) < 4.78 is 0. The third kappa shape index (κ3) is 5.93. The second-order valence-corrected chi connectivity index (χ2v) is 6.60. The van der Waals surface area contributed by atoms with Gasteiger partial charge in [0.25, 0.3) is 0 Å². The Kier molecular flexibility index (Phi) is 7.52. The van der Waals surface area contributed by atoms with E-state index in [0.717, 1.165) is 18.4 Å². The van der Waals surface area contributed by atoms with Crippen molar-refractivity contribution < 1.29 is 15.0 Å². The van der Waals surface area contributed by atoms with Gasteiger partial charge in [-0.3, -0.25) is 0 Å². The number of aromatic hydroxyl groups is 1. The van der Waals surface area contributed by atoms with Crippen LogP contribution in [0.2, 0.25) is 0 Å². The molecule has 0 bridgehead atoms. The molecule has 0 aromatic heterocycles. The minimum Gasteiger partial charge on any atom is -0.508 e. The van der Waals surface area contributed by atoms with Crippen molar-refractivity contribution >= 4 is 5.97 Å². The molecule has 0 aliphatic carbocycles. The van der Waals surface area contributed by atoms with Crippen LogP contribution in [0.4, 0.5) is 0 Å². The van der Waals surface area contributed by atoms with Crippen molar-refractivity contribution in [2.24, 2.45) is 0 Å². The Labute approximate surface area is 150 Å². The Hall–Kier alpha value is -2.29. The van der Waals surface area contributed by atoms with Crippen LogP contribution in [0.25, 0.3) is 11.1 Å². The van der Waals surface area contributed by atoms with Crippen LogP contribution in [0.5, 0.6) is 5.75 Å². The van der Waals surface area contributed by atoms with Crippen LogP contribution in [0.1, 0.15) is 67.8 Å². The smallest absolute Gasteiger partial charge is 0.336 e. The minimum atomic E-state index is -0.925. The summed E-state index contributed by atoms with van der Waals surface area (Å²) in [7, 11) is 0. The van der Waals surface area contributed by atoms with Crippen LogP contribution in [0.3, 0.4) is 0 Å². The highest BCUT2D eigenvalue weighted by Crippen LogP contribution is 2.27. The van der Waals surface area contributed by atoms with E-state index < -0.39 is 5.97 Å². The Bertz CT molecular complexity index is 674. The van der Waals surface area contributed by atoms with Crippen molar-refractivity contribution in [1.82, 2.24) is 0 Å². The predicted octanol–water partition coefficient (Wildman–Crippen LogP) is 6.05. The molecule has 2 aromatic carbocycles. The maximum absolute atomic E-state index is 11.5. The number of rotatable bonds is 10. The van der Waals surface area contributed by atoms with Crippen LogP contribution < -0.4 is 0 Å². The second kappa shape index (κ2) is 9.87. The highest BCUT2D eigenvalue weighted by atomic mass is 16.4. The molecule has 3 nitrogen and oxygen atoms in total. The molecule has 0 amide bonds. The molecule has 0 fully saturated rings. The summed E-state index contributed by atoms with van der Waals surface area (Å²) in [6.07, 6.45) is 9.84. The first-order valence-corrected chi connectivity index (χ1v) is 9.27. The first-order chi connectivity index (χ1) is 12.1. The number of phenols is 1. The number of hydrogen-bond donors (Lipinski definition) is 2. The van der Waals surface area contributed by atoms with Gasteiger partial charge in [0.1, 0.15) is 5.75 Å². The predicted molar refractivity (Wildman–Crippen MR) is 102 cm³/mol. The standard InChI is InChI=1S/C22H28O3/c1-2-3-4-5-6-7-8-9-17-10-15-20(22(24)25)21(16-17)18-11-13-19(23)14-12-18/h10-16,23H,2-9H2,1H3,(H,24,25). The highest BCUT2D eigenvalue weighted by Gasteiger charge is 2.12. The summed E-state index contributed by atoms with van der Waals surface area (Å²) in [6, 6.07) is 12.3. The molecule has 0 saturated heterocycles. The third-order valence-electron chi connectivity index (χ3n) is 4.56. The molecule has 134 valence electrons. The van der Waals surface area contributed by atoms with Gasteiger partial charge in [-0.2, -0.15) is 0 Å². The van der Waals surface area contributed by atoms with Crippen molar-refractivity contribution in [2.45, 2.75) is 58.3 Å². The van der Waals surface area contributed by atoms with Gasteiger partial charge in [-0.15, -0.1) is 0 Å². The van der Waals surface area contributed by atoms with Crippen LogP contribution in [0, 0.1) is 0 Å². The molecule has 0 unspecified atom stereocenters. The van der Waals surface area contributed by atoms with Crippen molar-refractivity contribution in [3.63, 3.8) is 0 Å². The summed E-state index contributed by atoms with van der Waals surface area (Å²) in [4.78, 5) is 11.5. The SMILES string of the molecule is CCCCCCCCCc1ccc(C(=O)O)c(-c2ccc(O)cc2)c1. The largest absolute Gasteiger partial charge is 0.508 e. The lowest BCUT2D eigenvalue weighted by Crippen LogP contribution is -2.01. The van der Waals surface area contributed by atoms with Crippen LogP contribution in [-0.4, -0.2) is 16.2 Å². The number of benzene rings is 2. The van der Waals surface area contributed by atoms with E-state index in [1.54, 1.807) is 30.3 Å². The minimum absolute atomic E-state index is 0.180. The molecule has 3 heteroatoms. The van der Waals surface area contributed by atoms with E-state index in [4.69, 9.17) is 0 Å². The van der Waals surface area contributed by atoms with Crippen molar-refractivity contribution in [3.8, 4) is 16.9 Å². The number of unbranched alkanes of at least 4 members (excludes halogenated alkanes) is 6. The Morgan fingerprint density at radius 3 is 2.16 bits per heavy atom. The molecule has 0 spiro atoms. The Morgan fingerprint density at radius 2 is 1.52 bits per heavy atom. The van der Waals surface area contributed by atoms with Crippen molar-refractivity contribution in [3.05, 3.63) is 53.6 Å².